The molecule has 0 fully saturated rings. The van der Waals surface area contributed by atoms with Gasteiger partial charge in [0.15, 0.2) is 5.82 Å². The molecule has 3 aromatic rings. The van der Waals surface area contributed by atoms with Crippen molar-refractivity contribution < 1.29 is 9.18 Å². The monoisotopic (exact) mass is 301 g/mol. The van der Waals surface area contributed by atoms with E-state index in [1.807, 2.05) is 6.92 Å². The fraction of sp³-hybridized carbons (Fsp3) is 0.125. The molecule has 2 aromatic heterocycles. The minimum absolute atomic E-state index is 0.173. The molecule has 1 radical (unpaired) electrons. The minimum Gasteiger partial charge on any atom is -0.351 e. The number of H-pyrrole nitrogens is 1. The fourth-order valence-corrected chi connectivity index (χ4v) is 2.35. The van der Waals surface area contributed by atoms with Gasteiger partial charge >= 0.3 is 0 Å². The van der Waals surface area contributed by atoms with E-state index in [2.05, 4.69) is 16.0 Å². The first-order valence-corrected chi connectivity index (χ1v) is 6.86. The van der Waals surface area contributed by atoms with Gasteiger partial charge in [-0.15, -0.1) is 0 Å². The molecule has 2 heterocycles. The predicted octanol–water partition coefficient (Wildman–Crippen LogP) is 3.95. The van der Waals surface area contributed by atoms with Crippen molar-refractivity contribution in [3.8, 4) is 0 Å². The number of nitrogens with zero attached hydrogens (tertiary/aromatic N) is 1. The van der Waals surface area contributed by atoms with Crippen LogP contribution in [-0.4, -0.2) is 15.8 Å². The minimum atomic E-state index is -0.574. The number of carbonyl (C=O) groups excluding carboxylic acids is 1. The van der Waals surface area contributed by atoms with Crippen LogP contribution in [0.2, 0.25) is 5.02 Å². The van der Waals surface area contributed by atoms with Gasteiger partial charge in [-0.3, -0.25) is 4.79 Å². The number of rotatable bonds is 3. The SMILES string of the molecule is CCc1ccnc(C(=O)c2[c]c3ccc(Cl)cc3[nH]2)c1F. The highest BCUT2D eigenvalue weighted by Gasteiger charge is 2.19. The summed E-state index contributed by atoms with van der Waals surface area (Å²) in [4.78, 5) is 19.2. The van der Waals surface area contributed by atoms with Crippen molar-refractivity contribution in [2.75, 3.05) is 0 Å². The Balaban J connectivity index is 2.08. The highest BCUT2D eigenvalue weighted by atomic mass is 35.5. The summed E-state index contributed by atoms with van der Waals surface area (Å²) in [5.74, 6) is -1.09. The van der Waals surface area contributed by atoms with Crippen LogP contribution in [0.15, 0.2) is 30.5 Å². The first kappa shape index (κ1) is 13.8. The third-order valence-corrected chi connectivity index (χ3v) is 3.53. The van der Waals surface area contributed by atoms with Gasteiger partial charge in [0.25, 0.3) is 0 Å². The molecule has 0 bridgehead atoms. The number of halogens is 2. The number of fused-ring (bicyclic) bond motifs is 1. The smallest absolute Gasteiger partial charge is 0.231 e. The second kappa shape index (κ2) is 5.30. The van der Waals surface area contributed by atoms with Crippen LogP contribution in [0.4, 0.5) is 4.39 Å². The Kier molecular flexibility index (Phi) is 3.47. The van der Waals surface area contributed by atoms with Gasteiger partial charge in [-0.1, -0.05) is 24.6 Å². The summed E-state index contributed by atoms with van der Waals surface area (Å²) in [5.41, 5.74) is 1.13. The summed E-state index contributed by atoms with van der Waals surface area (Å²) in [7, 11) is 0. The zero-order valence-corrected chi connectivity index (χ0v) is 12.0. The lowest BCUT2D eigenvalue weighted by Crippen LogP contribution is -2.09. The Bertz CT molecular complexity index is 841. The van der Waals surface area contributed by atoms with E-state index in [-0.39, 0.29) is 11.4 Å². The lowest BCUT2D eigenvalue weighted by Gasteiger charge is -2.03. The zero-order valence-electron chi connectivity index (χ0n) is 11.2. The van der Waals surface area contributed by atoms with Gasteiger partial charge < -0.3 is 4.98 Å². The number of carbonyl (C=O) groups is 1. The van der Waals surface area contributed by atoms with Gasteiger partial charge in [-0.25, -0.2) is 9.37 Å². The van der Waals surface area contributed by atoms with Crippen molar-refractivity contribution in [1.82, 2.24) is 9.97 Å². The Morgan fingerprint density at radius 3 is 3.00 bits per heavy atom. The van der Waals surface area contributed by atoms with Gasteiger partial charge in [0.1, 0.15) is 5.69 Å². The van der Waals surface area contributed by atoms with Gasteiger partial charge in [-0.05, 0) is 30.2 Å². The summed E-state index contributed by atoms with van der Waals surface area (Å²) < 4.78 is 14.2. The van der Waals surface area contributed by atoms with E-state index in [1.165, 1.54) is 6.20 Å². The summed E-state index contributed by atoms with van der Waals surface area (Å²) >= 11 is 5.90. The largest absolute Gasteiger partial charge is 0.351 e. The van der Waals surface area contributed by atoms with Crippen molar-refractivity contribution in [1.29, 1.82) is 0 Å². The maximum absolute atomic E-state index is 14.2. The second-order valence-electron chi connectivity index (χ2n) is 4.63. The van der Waals surface area contributed by atoms with Crippen LogP contribution in [0.1, 0.15) is 28.7 Å². The molecule has 21 heavy (non-hydrogen) atoms. The number of ketones is 1. The van der Waals surface area contributed by atoms with Crippen LogP contribution < -0.4 is 0 Å². The van der Waals surface area contributed by atoms with Crippen molar-refractivity contribution in [2.24, 2.45) is 0 Å². The van der Waals surface area contributed by atoms with Crippen molar-refractivity contribution in [3.05, 3.63) is 64.3 Å². The maximum Gasteiger partial charge on any atom is 0.231 e. The standard InChI is InChI=1S/C16H11ClFN2O/c1-2-9-5-6-19-15(14(9)18)16(21)13-7-10-3-4-11(17)8-12(10)20-13/h3-6,8,20H,2H2,1H3. The van der Waals surface area contributed by atoms with Crippen LogP contribution in [0.25, 0.3) is 10.9 Å². The van der Waals surface area contributed by atoms with E-state index < -0.39 is 11.6 Å². The molecule has 0 unspecified atom stereocenters. The number of aromatic nitrogens is 2. The number of pyridine rings is 1. The third kappa shape index (κ3) is 2.43. The molecular formula is C16H11ClFN2O. The molecule has 5 heteroatoms. The molecule has 3 rings (SSSR count). The van der Waals surface area contributed by atoms with Gasteiger partial charge in [0.05, 0.1) is 5.69 Å². The van der Waals surface area contributed by atoms with Crippen molar-refractivity contribution in [2.45, 2.75) is 13.3 Å². The Labute approximate surface area is 125 Å². The number of benzene rings is 1. The molecule has 0 saturated heterocycles. The topological polar surface area (TPSA) is 45.8 Å². The predicted molar refractivity (Wildman–Crippen MR) is 79.2 cm³/mol. The molecular weight excluding hydrogens is 291 g/mol. The molecule has 0 atom stereocenters. The van der Waals surface area contributed by atoms with E-state index in [9.17, 15) is 9.18 Å². The number of aromatic amines is 1. The lowest BCUT2D eigenvalue weighted by atomic mass is 10.1. The average molecular weight is 302 g/mol. The molecule has 0 aliphatic rings. The molecule has 0 spiro atoms. The lowest BCUT2D eigenvalue weighted by molar-refractivity contribution is 0.102. The first-order chi connectivity index (χ1) is 10.1. The normalized spacial score (nSPS) is 11.0. The third-order valence-electron chi connectivity index (χ3n) is 3.29. The van der Waals surface area contributed by atoms with E-state index in [0.717, 1.165) is 5.39 Å². The van der Waals surface area contributed by atoms with Crippen LogP contribution in [0.3, 0.4) is 0 Å². The number of hydrogen-bond acceptors (Lipinski definition) is 2. The van der Waals surface area contributed by atoms with Gasteiger partial charge in [0.2, 0.25) is 5.78 Å². The quantitative estimate of drug-likeness (QED) is 0.745. The summed E-state index contributed by atoms with van der Waals surface area (Å²) in [6.07, 6.45) is 1.94. The molecule has 0 aliphatic heterocycles. The Morgan fingerprint density at radius 1 is 1.43 bits per heavy atom. The molecule has 1 aromatic carbocycles. The van der Waals surface area contributed by atoms with Crippen molar-refractivity contribution in [3.63, 3.8) is 0 Å². The second-order valence-corrected chi connectivity index (χ2v) is 5.07. The molecule has 105 valence electrons. The van der Waals surface area contributed by atoms with E-state index in [0.29, 0.717) is 22.5 Å². The zero-order chi connectivity index (χ0) is 15.0. The molecule has 0 saturated carbocycles. The molecule has 1 N–H and O–H groups in total. The Hall–Kier alpha value is -2.20. The number of hydrogen-bond donors (Lipinski definition) is 1. The summed E-state index contributed by atoms with van der Waals surface area (Å²) in [5, 5.41) is 1.27. The molecule has 0 amide bonds. The molecule has 3 nitrogen and oxygen atoms in total. The highest BCUT2D eigenvalue weighted by Crippen LogP contribution is 2.21. The average Bonchev–Trinajstić information content (AvgIpc) is 2.89. The molecule has 0 aliphatic carbocycles. The van der Waals surface area contributed by atoms with Crippen LogP contribution in [-0.2, 0) is 6.42 Å². The number of aryl methyl sites for hydroxylation is 1. The van der Waals surface area contributed by atoms with Gasteiger partial charge in [0, 0.05) is 28.2 Å². The maximum atomic E-state index is 14.2. The van der Waals surface area contributed by atoms with Crippen LogP contribution >= 0.6 is 11.6 Å². The van der Waals surface area contributed by atoms with E-state index >= 15 is 0 Å². The van der Waals surface area contributed by atoms with Crippen molar-refractivity contribution >= 4 is 28.3 Å². The van der Waals surface area contributed by atoms with E-state index in [4.69, 9.17) is 11.6 Å². The van der Waals surface area contributed by atoms with Crippen LogP contribution in [0, 0.1) is 11.9 Å². The fourth-order valence-electron chi connectivity index (χ4n) is 2.18. The summed E-state index contributed by atoms with van der Waals surface area (Å²) in [6.45, 7) is 1.82. The first-order valence-electron chi connectivity index (χ1n) is 6.48. The van der Waals surface area contributed by atoms with E-state index in [1.54, 1.807) is 24.3 Å². The van der Waals surface area contributed by atoms with Crippen LogP contribution in [0.5, 0.6) is 0 Å². The van der Waals surface area contributed by atoms with Gasteiger partial charge in [-0.2, -0.15) is 0 Å². The summed E-state index contributed by atoms with van der Waals surface area (Å²) in [6, 6.07) is 9.63. The number of nitrogens with one attached hydrogen (secondary N) is 1. The Morgan fingerprint density at radius 2 is 2.24 bits per heavy atom. The highest BCUT2D eigenvalue weighted by molar-refractivity contribution is 6.31.